The van der Waals surface area contributed by atoms with E-state index in [1.165, 1.54) is 6.42 Å². The Bertz CT molecular complexity index is 192. The molecule has 84 valence electrons. The van der Waals surface area contributed by atoms with E-state index in [9.17, 15) is 0 Å². The minimum absolute atomic E-state index is 0.926. The Hall–Kier alpha value is 0.217. The van der Waals surface area contributed by atoms with Gasteiger partial charge in [0.15, 0.2) is 0 Å². The third-order valence-electron chi connectivity index (χ3n) is 4.93. The molecule has 1 aliphatic carbocycles. The third kappa shape index (κ3) is 2.24. The first-order valence-electron chi connectivity index (χ1n) is 6.25. The van der Waals surface area contributed by atoms with Gasteiger partial charge in [-0.25, -0.2) is 0 Å². The Kier molecular flexibility index (Phi) is 3.51. The summed E-state index contributed by atoms with van der Waals surface area (Å²) in [6, 6.07) is 0. The molecule has 0 nitrogen and oxygen atoms in total. The zero-order valence-electron chi connectivity index (χ0n) is 11.1. The molecule has 0 aromatic heterocycles. The van der Waals surface area contributed by atoms with E-state index < -0.39 is 8.07 Å². The maximum Gasteiger partial charge on any atom is 0.0476 e. The quantitative estimate of drug-likeness (QED) is 0.555. The molecule has 0 radical (unpaired) electrons. The van der Waals surface area contributed by atoms with Crippen molar-refractivity contribution in [3.63, 3.8) is 0 Å². The summed E-state index contributed by atoms with van der Waals surface area (Å²) < 4.78 is 0. The SMILES string of the molecule is CC1CC([Si](C)(C)C)C(C)C(C)C1C. The molecule has 0 aromatic rings. The van der Waals surface area contributed by atoms with Crippen molar-refractivity contribution in [1.29, 1.82) is 0 Å². The van der Waals surface area contributed by atoms with Gasteiger partial charge in [-0.2, -0.15) is 0 Å². The zero-order valence-corrected chi connectivity index (χ0v) is 12.1. The van der Waals surface area contributed by atoms with Gasteiger partial charge in [-0.1, -0.05) is 47.3 Å². The van der Waals surface area contributed by atoms with E-state index in [0.29, 0.717) is 0 Å². The van der Waals surface area contributed by atoms with Crippen molar-refractivity contribution in [3.8, 4) is 0 Å². The van der Waals surface area contributed by atoms with Crippen molar-refractivity contribution in [1.82, 2.24) is 0 Å². The molecule has 0 spiro atoms. The predicted octanol–water partition coefficient (Wildman–Crippen LogP) is 4.64. The number of hydrogen-bond donors (Lipinski definition) is 0. The minimum atomic E-state index is -0.933. The van der Waals surface area contributed by atoms with Crippen LogP contribution in [-0.4, -0.2) is 8.07 Å². The second-order valence-electron chi connectivity index (χ2n) is 6.76. The summed E-state index contributed by atoms with van der Waals surface area (Å²) in [6.07, 6.45) is 1.49. The third-order valence-corrected chi connectivity index (χ3v) is 7.92. The van der Waals surface area contributed by atoms with Crippen molar-refractivity contribution in [2.24, 2.45) is 23.7 Å². The van der Waals surface area contributed by atoms with Crippen LogP contribution < -0.4 is 0 Å². The molecule has 0 N–H and O–H groups in total. The molecular weight excluding hydrogens is 184 g/mol. The highest BCUT2D eigenvalue weighted by atomic mass is 28.3. The van der Waals surface area contributed by atoms with Gasteiger partial charge in [-0.3, -0.25) is 0 Å². The molecule has 0 aromatic carbocycles. The second kappa shape index (κ2) is 4.00. The van der Waals surface area contributed by atoms with Crippen LogP contribution in [0.25, 0.3) is 0 Å². The second-order valence-corrected chi connectivity index (χ2v) is 12.2. The fourth-order valence-electron chi connectivity index (χ4n) is 3.34. The Morgan fingerprint density at radius 1 is 0.786 bits per heavy atom. The Labute approximate surface area is 91.5 Å². The van der Waals surface area contributed by atoms with Crippen LogP contribution in [0.1, 0.15) is 34.1 Å². The highest BCUT2D eigenvalue weighted by Crippen LogP contribution is 2.48. The fraction of sp³-hybridized carbons (Fsp3) is 1.00. The monoisotopic (exact) mass is 212 g/mol. The molecule has 0 amide bonds. The van der Waals surface area contributed by atoms with E-state index in [1.807, 2.05) is 0 Å². The first kappa shape index (κ1) is 12.3. The van der Waals surface area contributed by atoms with Crippen molar-refractivity contribution in [3.05, 3.63) is 0 Å². The normalized spacial score (nSPS) is 45.2. The van der Waals surface area contributed by atoms with Crippen LogP contribution >= 0.6 is 0 Å². The Balaban J connectivity index is 2.81. The highest BCUT2D eigenvalue weighted by molar-refractivity contribution is 6.77. The average Bonchev–Trinajstić information content (AvgIpc) is 2.06. The molecule has 1 aliphatic rings. The van der Waals surface area contributed by atoms with Crippen molar-refractivity contribution in [2.45, 2.75) is 59.3 Å². The molecule has 5 atom stereocenters. The summed E-state index contributed by atoms with van der Waals surface area (Å²) in [5.74, 6) is 3.75. The summed E-state index contributed by atoms with van der Waals surface area (Å²) >= 11 is 0. The lowest BCUT2D eigenvalue weighted by Crippen LogP contribution is -2.42. The van der Waals surface area contributed by atoms with Crippen molar-refractivity contribution >= 4 is 8.07 Å². The number of hydrogen-bond acceptors (Lipinski definition) is 0. The smallest absolute Gasteiger partial charge is 0.0476 e. The van der Waals surface area contributed by atoms with E-state index >= 15 is 0 Å². The first-order chi connectivity index (χ1) is 6.25. The topological polar surface area (TPSA) is 0 Å². The highest BCUT2D eigenvalue weighted by Gasteiger charge is 2.41. The molecule has 0 bridgehead atoms. The maximum absolute atomic E-state index is 2.55. The number of rotatable bonds is 1. The summed E-state index contributed by atoms with van der Waals surface area (Å²) in [7, 11) is -0.933. The van der Waals surface area contributed by atoms with Crippen LogP contribution in [-0.2, 0) is 0 Å². The van der Waals surface area contributed by atoms with E-state index in [-0.39, 0.29) is 0 Å². The predicted molar refractivity (Wildman–Crippen MR) is 68.4 cm³/mol. The Morgan fingerprint density at radius 2 is 1.29 bits per heavy atom. The van der Waals surface area contributed by atoms with Gasteiger partial charge in [0.05, 0.1) is 0 Å². The molecule has 5 unspecified atom stereocenters. The lowest BCUT2D eigenvalue weighted by molar-refractivity contribution is 0.134. The summed E-state index contributed by atoms with van der Waals surface area (Å²) in [5, 5.41) is 0. The van der Waals surface area contributed by atoms with Crippen LogP contribution in [0.3, 0.4) is 0 Å². The summed E-state index contributed by atoms with van der Waals surface area (Å²) in [6.45, 7) is 17.5. The molecule has 1 fully saturated rings. The molecule has 0 aliphatic heterocycles. The minimum Gasteiger partial charge on any atom is -0.0693 e. The van der Waals surface area contributed by atoms with Gasteiger partial charge >= 0.3 is 0 Å². The molecule has 14 heavy (non-hydrogen) atoms. The van der Waals surface area contributed by atoms with Crippen LogP contribution in [0.15, 0.2) is 0 Å². The standard InChI is InChI=1S/C13H28Si/c1-9-8-13(14(5,6)7)12(4)11(3)10(9)2/h9-13H,8H2,1-7H3. The molecule has 1 rings (SSSR count). The van der Waals surface area contributed by atoms with Gasteiger partial charge in [0.2, 0.25) is 0 Å². The fourth-order valence-corrected chi connectivity index (χ4v) is 6.30. The summed E-state index contributed by atoms with van der Waals surface area (Å²) in [4.78, 5) is 0. The van der Waals surface area contributed by atoms with Crippen LogP contribution in [0, 0.1) is 23.7 Å². The molecule has 1 heteroatoms. The van der Waals surface area contributed by atoms with E-state index in [2.05, 4.69) is 47.3 Å². The summed E-state index contributed by atoms with van der Waals surface area (Å²) in [5.41, 5.74) is 1.05. The lowest BCUT2D eigenvalue weighted by Gasteiger charge is -2.47. The first-order valence-corrected chi connectivity index (χ1v) is 9.83. The maximum atomic E-state index is 2.55. The van der Waals surface area contributed by atoms with Crippen LogP contribution in [0.5, 0.6) is 0 Å². The molecule has 0 saturated heterocycles. The van der Waals surface area contributed by atoms with Gasteiger partial charge in [-0.15, -0.1) is 0 Å². The molecular formula is C13H28Si. The van der Waals surface area contributed by atoms with Gasteiger partial charge < -0.3 is 0 Å². The van der Waals surface area contributed by atoms with Crippen molar-refractivity contribution < 1.29 is 0 Å². The van der Waals surface area contributed by atoms with E-state index in [1.54, 1.807) is 0 Å². The van der Waals surface area contributed by atoms with E-state index in [0.717, 1.165) is 29.2 Å². The van der Waals surface area contributed by atoms with Gasteiger partial charge in [0.25, 0.3) is 0 Å². The van der Waals surface area contributed by atoms with Crippen LogP contribution in [0.2, 0.25) is 25.2 Å². The molecule has 1 saturated carbocycles. The Morgan fingerprint density at radius 3 is 1.71 bits per heavy atom. The van der Waals surface area contributed by atoms with E-state index in [4.69, 9.17) is 0 Å². The van der Waals surface area contributed by atoms with Crippen molar-refractivity contribution in [2.75, 3.05) is 0 Å². The lowest BCUT2D eigenvalue weighted by atomic mass is 9.69. The largest absolute Gasteiger partial charge is 0.0693 e. The van der Waals surface area contributed by atoms with Gasteiger partial charge in [-0.05, 0) is 35.6 Å². The van der Waals surface area contributed by atoms with Crippen LogP contribution in [0.4, 0.5) is 0 Å². The van der Waals surface area contributed by atoms with Gasteiger partial charge in [0, 0.05) is 8.07 Å². The van der Waals surface area contributed by atoms with Gasteiger partial charge in [0.1, 0.15) is 0 Å². The average molecular weight is 212 g/mol. The molecule has 0 heterocycles. The zero-order chi connectivity index (χ0) is 11.1.